The van der Waals surface area contributed by atoms with E-state index in [2.05, 4.69) is 34.5 Å². The van der Waals surface area contributed by atoms with Gasteiger partial charge in [0.25, 0.3) is 0 Å². The van der Waals surface area contributed by atoms with Gasteiger partial charge in [0.15, 0.2) is 0 Å². The second kappa shape index (κ2) is 6.46. The average Bonchev–Trinajstić information content (AvgIpc) is 2.38. The summed E-state index contributed by atoms with van der Waals surface area (Å²) in [7, 11) is -2.98. The van der Waals surface area contributed by atoms with Crippen molar-refractivity contribution in [3.8, 4) is 0 Å². The van der Waals surface area contributed by atoms with Gasteiger partial charge in [-0.15, -0.1) is 0 Å². The molecule has 1 saturated heterocycles. The van der Waals surface area contributed by atoms with Crippen LogP contribution in [0.4, 0.5) is 0 Å². The van der Waals surface area contributed by atoms with Crippen molar-refractivity contribution in [1.29, 1.82) is 0 Å². The first-order valence-corrected chi connectivity index (χ1v) is 9.53. The zero-order chi connectivity index (χ0) is 15.5. The third-order valence-corrected chi connectivity index (χ3v) is 5.22. The molecule has 1 aromatic carbocycles. The van der Waals surface area contributed by atoms with E-state index >= 15 is 0 Å². The van der Waals surface area contributed by atoms with Gasteiger partial charge in [0.1, 0.15) is 9.84 Å². The molecule has 118 valence electrons. The molecule has 2 rings (SSSR count). The van der Waals surface area contributed by atoms with Crippen molar-refractivity contribution in [2.24, 2.45) is 0 Å². The molecular formula is C16H26N2O2S. The molecule has 0 aliphatic carbocycles. The molecule has 0 amide bonds. The van der Waals surface area contributed by atoms with E-state index in [1.165, 1.54) is 11.8 Å². The molecule has 0 aromatic heterocycles. The summed E-state index contributed by atoms with van der Waals surface area (Å²) in [6.07, 6.45) is 1.30. The summed E-state index contributed by atoms with van der Waals surface area (Å²) < 4.78 is 23.1. The predicted molar refractivity (Wildman–Crippen MR) is 87.3 cm³/mol. The normalized spacial score (nSPS) is 17.9. The number of hydrogen-bond acceptors (Lipinski definition) is 4. The summed E-state index contributed by atoms with van der Waals surface area (Å²) in [5.41, 5.74) is 2.02. The number of benzene rings is 1. The van der Waals surface area contributed by atoms with E-state index in [-0.39, 0.29) is 11.2 Å². The number of nitrogens with zero attached hydrogens (tertiary/aromatic N) is 1. The van der Waals surface area contributed by atoms with Crippen LogP contribution >= 0.6 is 0 Å². The monoisotopic (exact) mass is 310 g/mol. The molecule has 0 saturated carbocycles. The highest BCUT2D eigenvalue weighted by atomic mass is 32.2. The molecule has 1 aromatic rings. The molecule has 21 heavy (non-hydrogen) atoms. The third-order valence-electron chi connectivity index (χ3n) is 3.97. The SMILES string of the molecule is CC(C)(CS(C)(=O)=O)c1ccc(CN2CCNCC2)cc1. The molecular weight excluding hydrogens is 284 g/mol. The molecule has 1 aliphatic heterocycles. The second-order valence-corrected chi connectivity index (χ2v) is 8.82. The van der Waals surface area contributed by atoms with Gasteiger partial charge in [0.2, 0.25) is 0 Å². The average molecular weight is 310 g/mol. The summed E-state index contributed by atoms with van der Waals surface area (Å²) in [6.45, 7) is 9.22. The van der Waals surface area contributed by atoms with Gasteiger partial charge >= 0.3 is 0 Å². The maximum atomic E-state index is 11.5. The smallest absolute Gasteiger partial charge is 0.148 e. The van der Waals surface area contributed by atoms with Crippen LogP contribution in [0.25, 0.3) is 0 Å². The molecule has 4 nitrogen and oxygen atoms in total. The highest BCUT2D eigenvalue weighted by Gasteiger charge is 2.25. The fourth-order valence-electron chi connectivity index (χ4n) is 2.93. The lowest BCUT2D eigenvalue weighted by atomic mass is 9.86. The molecule has 0 bridgehead atoms. The summed E-state index contributed by atoms with van der Waals surface area (Å²) >= 11 is 0. The topological polar surface area (TPSA) is 49.4 Å². The van der Waals surface area contributed by atoms with Crippen LogP contribution in [-0.4, -0.2) is 51.5 Å². The van der Waals surface area contributed by atoms with Crippen LogP contribution in [0.5, 0.6) is 0 Å². The minimum atomic E-state index is -2.98. The Morgan fingerprint density at radius 1 is 1.14 bits per heavy atom. The lowest BCUT2D eigenvalue weighted by molar-refractivity contribution is 0.233. The van der Waals surface area contributed by atoms with Crippen molar-refractivity contribution in [2.75, 3.05) is 38.2 Å². The van der Waals surface area contributed by atoms with Gasteiger partial charge < -0.3 is 5.32 Å². The molecule has 1 heterocycles. The van der Waals surface area contributed by atoms with Crippen molar-refractivity contribution >= 4 is 9.84 Å². The van der Waals surface area contributed by atoms with Crippen LogP contribution in [0.1, 0.15) is 25.0 Å². The Bertz CT molecular complexity index is 558. The highest BCUT2D eigenvalue weighted by molar-refractivity contribution is 7.90. The third kappa shape index (κ3) is 5.09. The Kier molecular flexibility index (Phi) is 5.07. The van der Waals surface area contributed by atoms with Crippen LogP contribution in [0.3, 0.4) is 0 Å². The van der Waals surface area contributed by atoms with Gasteiger partial charge in [-0.2, -0.15) is 0 Å². The van der Waals surface area contributed by atoms with E-state index < -0.39 is 9.84 Å². The van der Waals surface area contributed by atoms with Gasteiger partial charge in [0.05, 0.1) is 5.75 Å². The fourth-order valence-corrected chi connectivity index (χ4v) is 4.41. The Morgan fingerprint density at radius 3 is 2.24 bits per heavy atom. The summed E-state index contributed by atoms with van der Waals surface area (Å²) in [5.74, 6) is 0.178. The predicted octanol–water partition coefficient (Wildman–Crippen LogP) is 1.41. The van der Waals surface area contributed by atoms with Crippen molar-refractivity contribution in [3.05, 3.63) is 35.4 Å². The van der Waals surface area contributed by atoms with Crippen molar-refractivity contribution < 1.29 is 8.42 Å². The maximum Gasteiger partial charge on any atom is 0.148 e. The second-order valence-electron chi connectivity index (χ2n) is 6.68. The van der Waals surface area contributed by atoms with Gasteiger partial charge in [-0.05, 0) is 11.1 Å². The molecule has 1 N–H and O–H groups in total. The van der Waals surface area contributed by atoms with Crippen molar-refractivity contribution in [1.82, 2.24) is 10.2 Å². The fraction of sp³-hybridized carbons (Fsp3) is 0.625. The molecule has 0 atom stereocenters. The van der Waals surface area contributed by atoms with Crippen molar-refractivity contribution in [2.45, 2.75) is 25.8 Å². The highest BCUT2D eigenvalue weighted by Crippen LogP contribution is 2.25. The maximum absolute atomic E-state index is 11.5. The number of sulfone groups is 1. The van der Waals surface area contributed by atoms with E-state index in [0.717, 1.165) is 38.3 Å². The van der Waals surface area contributed by atoms with E-state index in [9.17, 15) is 8.42 Å². The Balaban J connectivity index is 2.04. The largest absolute Gasteiger partial charge is 0.314 e. The van der Waals surface area contributed by atoms with E-state index in [1.54, 1.807) is 0 Å². The van der Waals surface area contributed by atoms with Crippen molar-refractivity contribution in [3.63, 3.8) is 0 Å². The quantitative estimate of drug-likeness (QED) is 0.893. The Hall–Kier alpha value is -0.910. The Labute approximate surface area is 128 Å². The minimum absolute atomic E-state index is 0.178. The van der Waals surface area contributed by atoms with E-state index in [4.69, 9.17) is 0 Å². The first-order chi connectivity index (χ1) is 9.76. The first-order valence-electron chi connectivity index (χ1n) is 7.46. The number of rotatable bonds is 5. The molecule has 5 heteroatoms. The number of hydrogen-bond donors (Lipinski definition) is 1. The lowest BCUT2D eigenvalue weighted by Gasteiger charge is -2.28. The van der Waals surface area contributed by atoms with Crippen LogP contribution in [0, 0.1) is 0 Å². The zero-order valence-electron chi connectivity index (χ0n) is 13.2. The summed E-state index contributed by atoms with van der Waals surface area (Å²) in [6, 6.07) is 8.40. The van der Waals surface area contributed by atoms with E-state index in [0.29, 0.717) is 0 Å². The van der Waals surface area contributed by atoms with Gasteiger partial charge in [-0.3, -0.25) is 4.90 Å². The molecule has 1 fully saturated rings. The summed E-state index contributed by atoms with van der Waals surface area (Å²) in [5, 5.41) is 3.35. The zero-order valence-corrected chi connectivity index (χ0v) is 14.0. The first kappa shape index (κ1) is 16.5. The standard InChI is InChI=1S/C16H26N2O2S/c1-16(2,13-21(3,19)20)15-6-4-14(5-7-15)12-18-10-8-17-9-11-18/h4-7,17H,8-13H2,1-3H3. The van der Waals surface area contributed by atoms with Crippen LogP contribution in [0.2, 0.25) is 0 Å². The molecule has 0 spiro atoms. The number of nitrogens with one attached hydrogen (secondary N) is 1. The van der Waals surface area contributed by atoms with Crippen LogP contribution in [-0.2, 0) is 21.8 Å². The van der Waals surface area contributed by atoms with Crippen LogP contribution in [0.15, 0.2) is 24.3 Å². The lowest BCUT2D eigenvalue weighted by Crippen LogP contribution is -2.42. The minimum Gasteiger partial charge on any atom is -0.314 e. The number of piperazine rings is 1. The van der Waals surface area contributed by atoms with Gasteiger partial charge in [0, 0.05) is 44.4 Å². The van der Waals surface area contributed by atoms with E-state index in [1.807, 2.05) is 13.8 Å². The van der Waals surface area contributed by atoms with Gasteiger partial charge in [-0.25, -0.2) is 8.42 Å². The Morgan fingerprint density at radius 2 is 1.71 bits per heavy atom. The van der Waals surface area contributed by atoms with Gasteiger partial charge in [-0.1, -0.05) is 38.1 Å². The molecule has 0 radical (unpaired) electrons. The molecule has 1 aliphatic rings. The molecule has 0 unspecified atom stereocenters. The summed E-state index contributed by atoms with van der Waals surface area (Å²) in [4.78, 5) is 2.44. The van der Waals surface area contributed by atoms with Crippen LogP contribution < -0.4 is 5.32 Å².